The first-order chi connectivity index (χ1) is 13.8. The highest BCUT2D eigenvalue weighted by molar-refractivity contribution is 7.89. The number of carbonyl (C=O) groups is 1. The van der Waals surface area contributed by atoms with Gasteiger partial charge in [-0.3, -0.25) is 0 Å². The first kappa shape index (κ1) is 20.8. The Bertz CT molecular complexity index is 1110. The molecule has 0 atom stereocenters. The van der Waals surface area contributed by atoms with Crippen LogP contribution in [-0.2, 0) is 21.4 Å². The minimum Gasteiger partial charge on any atom is -0.457 e. The largest absolute Gasteiger partial charge is 0.457 e. The molecule has 0 N–H and O–H groups in total. The predicted molar refractivity (Wildman–Crippen MR) is 113 cm³/mol. The molecule has 0 heterocycles. The number of hydrogen-bond donors (Lipinski definition) is 0. The zero-order valence-electron chi connectivity index (χ0n) is 16.6. The molecule has 3 aromatic rings. The van der Waals surface area contributed by atoms with Crippen molar-refractivity contribution in [2.24, 2.45) is 0 Å². The zero-order valence-corrected chi connectivity index (χ0v) is 17.4. The Hall–Kier alpha value is -2.96. The van der Waals surface area contributed by atoms with Crippen molar-refractivity contribution < 1.29 is 17.9 Å². The van der Waals surface area contributed by atoms with Crippen molar-refractivity contribution in [1.29, 1.82) is 0 Å². The van der Waals surface area contributed by atoms with E-state index in [-0.39, 0.29) is 17.1 Å². The molecular formula is C23H23NO4S. The molecular weight excluding hydrogens is 386 g/mol. The summed E-state index contributed by atoms with van der Waals surface area (Å²) in [5.74, 6) is -0.551. The Labute approximate surface area is 171 Å². The highest BCUT2D eigenvalue weighted by atomic mass is 32.2. The Kier molecular flexibility index (Phi) is 6.15. The first-order valence-electron chi connectivity index (χ1n) is 9.14. The molecule has 29 heavy (non-hydrogen) atoms. The van der Waals surface area contributed by atoms with E-state index in [1.165, 1.54) is 26.2 Å². The smallest absolute Gasteiger partial charge is 0.338 e. The minimum absolute atomic E-state index is 0.0623. The Morgan fingerprint density at radius 3 is 2.14 bits per heavy atom. The zero-order chi connectivity index (χ0) is 21.0. The molecule has 150 valence electrons. The molecule has 0 fully saturated rings. The lowest BCUT2D eigenvalue weighted by molar-refractivity contribution is 0.0471. The number of nitrogens with zero attached hydrogens (tertiary/aromatic N) is 1. The third-order valence-corrected chi connectivity index (χ3v) is 6.45. The van der Waals surface area contributed by atoms with Crippen LogP contribution in [0.15, 0.2) is 77.7 Å². The summed E-state index contributed by atoms with van der Waals surface area (Å²) in [6.45, 7) is 1.86. The van der Waals surface area contributed by atoms with Crippen molar-refractivity contribution in [3.8, 4) is 11.1 Å². The molecule has 0 aliphatic heterocycles. The first-order valence-corrected chi connectivity index (χ1v) is 10.6. The summed E-state index contributed by atoms with van der Waals surface area (Å²) in [5, 5.41) is 0. The Balaban J connectivity index is 1.73. The number of ether oxygens (including phenoxy) is 1. The minimum atomic E-state index is -3.62. The number of benzene rings is 3. The molecule has 3 aromatic carbocycles. The van der Waals surface area contributed by atoms with Gasteiger partial charge in [-0.25, -0.2) is 17.5 Å². The summed E-state index contributed by atoms with van der Waals surface area (Å²) >= 11 is 0. The van der Waals surface area contributed by atoms with E-state index in [1.807, 2.05) is 54.6 Å². The van der Waals surface area contributed by atoms with Gasteiger partial charge in [0.1, 0.15) is 6.61 Å². The molecule has 0 saturated heterocycles. The van der Waals surface area contributed by atoms with Gasteiger partial charge in [0.15, 0.2) is 0 Å². The van der Waals surface area contributed by atoms with Crippen LogP contribution in [0.4, 0.5) is 0 Å². The Morgan fingerprint density at radius 2 is 1.52 bits per heavy atom. The SMILES string of the molecule is Cc1ccc(S(=O)(=O)N(C)C)cc1C(=O)OCc1ccc(-c2ccccc2)cc1. The lowest BCUT2D eigenvalue weighted by atomic mass is 10.0. The Morgan fingerprint density at radius 1 is 0.897 bits per heavy atom. The van der Waals surface area contributed by atoms with Gasteiger partial charge in [0.05, 0.1) is 10.5 Å². The standard InChI is InChI=1S/C23H23NO4S/c1-17-9-14-21(29(26,27)24(2)3)15-22(17)23(25)28-16-18-10-12-20(13-11-18)19-7-5-4-6-8-19/h4-15H,16H2,1-3H3. The van der Waals surface area contributed by atoms with Crippen LogP contribution in [0.2, 0.25) is 0 Å². The third-order valence-electron chi connectivity index (χ3n) is 4.64. The summed E-state index contributed by atoms with van der Waals surface area (Å²) < 4.78 is 31.2. The summed E-state index contributed by atoms with van der Waals surface area (Å²) in [6, 6.07) is 22.3. The van der Waals surface area contributed by atoms with Crippen LogP contribution in [0.1, 0.15) is 21.5 Å². The van der Waals surface area contributed by atoms with Gasteiger partial charge in [-0.05, 0) is 41.3 Å². The average Bonchev–Trinajstić information content (AvgIpc) is 2.73. The highest BCUT2D eigenvalue weighted by Gasteiger charge is 2.20. The second kappa shape index (κ2) is 8.59. The molecule has 6 heteroatoms. The number of rotatable bonds is 6. The number of esters is 1. The molecule has 0 spiro atoms. The van der Waals surface area contributed by atoms with E-state index in [0.29, 0.717) is 5.56 Å². The summed E-state index contributed by atoms with van der Waals surface area (Å²) in [5.41, 5.74) is 3.96. The van der Waals surface area contributed by atoms with Crippen LogP contribution < -0.4 is 0 Å². The van der Waals surface area contributed by atoms with Crippen LogP contribution in [0.3, 0.4) is 0 Å². The number of hydrogen-bond acceptors (Lipinski definition) is 4. The van der Waals surface area contributed by atoms with E-state index in [1.54, 1.807) is 13.0 Å². The van der Waals surface area contributed by atoms with E-state index in [4.69, 9.17) is 4.74 Å². The molecule has 5 nitrogen and oxygen atoms in total. The monoisotopic (exact) mass is 409 g/mol. The van der Waals surface area contributed by atoms with Crippen LogP contribution in [0, 0.1) is 6.92 Å². The lowest BCUT2D eigenvalue weighted by Gasteiger charge is -2.13. The van der Waals surface area contributed by atoms with E-state index in [9.17, 15) is 13.2 Å². The fourth-order valence-electron chi connectivity index (χ4n) is 2.84. The molecule has 0 unspecified atom stereocenters. The van der Waals surface area contributed by atoms with Crippen LogP contribution in [-0.4, -0.2) is 32.8 Å². The molecule has 0 saturated carbocycles. The van der Waals surface area contributed by atoms with Crippen molar-refractivity contribution in [2.45, 2.75) is 18.4 Å². The van der Waals surface area contributed by atoms with Gasteiger partial charge in [0.25, 0.3) is 0 Å². The van der Waals surface area contributed by atoms with Crippen LogP contribution >= 0.6 is 0 Å². The van der Waals surface area contributed by atoms with Gasteiger partial charge in [-0.15, -0.1) is 0 Å². The molecule has 3 rings (SSSR count). The van der Waals surface area contributed by atoms with Gasteiger partial charge >= 0.3 is 5.97 Å². The van der Waals surface area contributed by atoms with E-state index >= 15 is 0 Å². The van der Waals surface area contributed by atoms with E-state index < -0.39 is 16.0 Å². The fourth-order valence-corrected chi connectivity index (χ4v) is 3.77. The molecule has 0 aromatic heterocycles. The maximum absolute atomic E-state index is 12.5. The van der Waals surface area contributed by atoms with Gasteiger partial charge in [-0.1, -0.05) is 60.7 Å². The summed E-state index contributed by atoms with van der Waals surface area (Å²) in [4.78, 5) is 12.6. The number of aryl methyl sites for hydroxylation is 1. The second-order valence-corrected chi connectivity index (χ2v) is 9.06. The van der Waals surface area contributed by atoms with Gasteiger partial charge in [-0.2, -0.15) is 0 Å². The van der Waals surface area contributed by atoms with Crippen LogP contribution in [0.5, 0.6) is 0 Å². The van der Waals surface area contributed by atoms with Crippen LogP contribution in [0.25, 0.3) is 11.1 Å². The molecule has 0 aliphatic rings. The van der Waals surface area contributed by atoms with Crippen molar-refractivity contribution in [3.63, 3.8) is 0 Å². The van der Waals surface area contributed by atoms with E-state index in [0.717, 1.165) is 21.0 Å². The van der Waals surface area contributed by atoms with Crippen molar-refractivity contribution in [2.75, 3.05) is 14.1 Å². The van der Waals surface area contributed by atoms with Gasteiger partial charge in [0, 0.05) is 14.1 Å². The van der Waals surface area contributed by atoms with Crippen molar-refractivity contribution >= 4 is 16.0 Å². The quantitative estimate of drug-likeness (QED) is 0.571. The number of carbonyl (C=O) groups excluding carboxylic acids is 1. The fraction of sp³-hybridized carbons (Fsp3) is 0.174. The molecule has 0 bridgehead atoms. The third kappa shape index (κ3) is 4.72. The number of sulfonamides is 1. The normalized spacial score (nSPS) is 11.4. The van der Waals surface area contributed by atoms with Crippen molar-refractivity contribution in [1.82, 2.24) is 4.31 Å². The lowest BCUT2D eigenvalue weighted by Crippen LogP contribution is -2.22. The van der Waals surface area contributed by atoms with Gasteiger partial charge in [0.2, 0.25) is 10.0 Å². The average molecular weight is 410 g/mol. The summed E-state index contributed by atoms with van der Waals surface area (Å²) in [6.07, 6.45) is 0. The maximum Gasteiger partial charge on any atom is 0.338 e. The molecule has 0 aliphatic carbocycles. The topological polar surface area (TPSA) is 63.7 Å². The maximum atomic E-state index is 12.5. The van der Waals surface area contributed by atoms with Gasteiger partial charge < -0.3 is 4.74 Å². The second-order valence-electron chi connectivity index (χ2n) is 6.90. The summed E-state index contributed by atoms with van der Waals surface area (Å²) in [7, 11) is -0.721. The van der Waals surface area contributed by atoms with Crippen molar-refractivity contribution in [3.05, 3.63) is 89.5 Å². The molecule has 0 radical (unpaired) electrons. The molecule has 0 amide bonds. The highest BCUT2D eigenvalue weighted by Crippen LogP contribution is 2.21. The van der Waals surface area contributed by atoms with E-state index in [2.05, 4.69) is 0 Å². The predicted octanol–water partition coefficient (Wildman–Crippen LogP) is 4.27.